The van der Waals surface area contributed by atoms with Crippen molar-refractivity contribution < 1.29 is 4.74 Å². The molecule has 4 nitrogen and oxygen atoms in total. The number of hydrogen-bond acceptors (Lipinski definition) is 3. The van der Waals surface area contributed by atoms with E-state index in [9.17, 15) is 4.79 Å². The smallest absolute Gasteiger partial charge is 0.255 e. The number of aromatic amines is 1. The molecule has 0 aliphatic heterocycles. The second-order valence-corrected chi connectivity index (χ2v) is 9.66. The lowest BCUT2D eigenvalue weighted by Gasteiger charge is -2.45. The van der Waals surface area contributed by atoms with Crippen LogP contribution in [0.25, 0.3) is 10.8 Å². The van der Waals surface area contributed by atoms with Gasteiger partial charge in [0.1, 0.15) is 5.75 Å². The average Bonchev–Trinajstić information content (AvgIpc) is 2.76. The molecule has 1 atom stereocenters. The van der Waals surface area contributed by atoms with E-state index in [1.807, 2.05) is 12.1 Å². The van der Waals surface area contributed by atoms with E-state index in [1.54, 1.807) is 12.3 Å². The fourth-order valence-electron chi connectivity index (χ4n) is 5.06. The van der Waals surface area contributed by atoms with Gasteiger partial charge < -0.3 is 15.5 Å². The van der Waals surface area contributed by atoms with Crippen LogP contribution in [0.4, 0.5) is 0 Å². The summed E-state index contributed by atoms with van der Waals surface area (Å²) in [4.78, 5) is 14.7. The van der Waals surface area contributed by atoms with Crippen molar-refractivity contribution in [3.05, 3.63) is 75.7 Å². The SMILES string of the molecule is CC(C)CC(N)C1(c2ccccc2)CCC(Oc2cc3cc[nH]c(=O)c3cc2Cl)CC1. The van der Waals surface area contributed by atoms with Gasteiger partial charge in [-0.3, -0.25) is 4.79 Å². The summed E-state index contributed by atoms with van der Waals surface area (Å²) in [5, 5.41) is 1.88. The Kier molecular flexibility index (Phi) is 6.40. The molecule has 1 aromatic heterocycles. The number of pyridine rings is 1. The van der Waals surface area contributed by atoms with Crippen molar-refractivity contribution in [2.24, 2.45) is 11.7 Å². The summed E-state index contributed by atoms with van der Waals surface area (Å²) < 4.78 is 6.34. The molecule has 31 heavy (non-hydrogen) atoms. The van der Waals surface area contributed by atoms with Crippen LogP contribution in [-0.4, -0.2) is 17.1 Å². The highest BCUT2D eigenvalue weighted by molar-refractivity contribution is 6.32. The molecule has 1 aliphatic carbocycles. The lowest BCUT2D eigenvalue weighted by atomic mass is 9.63. The molecule has 4 rings (SSSR count). The highest BCUT2D eigenvalue weighted by atomic mass is 35.5. The largest absolute Gasteiger partial charge is 0.489 e. The minimum Gasteiger partial charge on any atom is -0.489 e. The maximum absolute atomic E-state index is 12.0. The summed E-state index contributed by atoms with van der Waals surface area (Å²) in [5.41, 5.74) is 7.99. The zero-order chi connectivity index (χ0) is 22.0. The number of rotatable bonds is 6. The summed E-state index contributed by atoms with van der Waals surface area (Å²) in [5.74, 6) is 1.20. The van der Waals surface area contributed by atoms with Crippen LogP contribution >= 0.6 is 11.6 Å². The molecule has 2 aromatic carbocycles. The van der Waals surface area contributed by atoms with Gasteiger partial charge in [0, 0.05) is 23.0 Å². The van der Waals surface area contributed by atoms with Crippen LogP contribution in [0.3, 0.4) is 0 Å². The summed E-state index contributed by atoms with van der Waals surface area (Å²) in [6.45, 7) is 4.47. The number of ether oxygens (including phenoxy) is 1. The third kappa shape index (κ3) is 4.51. The van der Waals surface area contributed by atoms with Gasteiger partial charge in [-0.1, -0.05) is 55.8 Å². The molecule has 0 spiro atoms. The number of nitrogens with one attached hydrogen (secondary N) is 1. The zero-order valence-electron chi connectivity index (χ0n) is 18.2. The number of benzene rings is 2. The first kappa shape index (κ1) is 21.9. The molecule has 1 heterocycles. The first-order chi connectivity index (χ1) is 14.9. The maximum Gasteiger partial charge on any atom is 0.255 e. The molecule has 0 amide bonds. The molecule has 1 saturated carbocycles. The minimum atomic E-state index is -0.143. The molecule has 1 aliphatic rings. The first-order valence-electron chi connectivity index (χ1n) is 11.2. The molecule has 3 N–H and O–H groups in total. The lowest BCUT2D eigenvalue weighted by Crippen LogP contribution is -2.49. The van der Waals surface area contributed by atoms with Crippen molar-refractivity contribution in [3.8, 4) is 5.75 Å². The van der Waals surface area contributed by atoms with Crippen LogP contribution in [0.1, 0.15) is 51.5 Å². The molecule has 5 heteroatoms. The van der Waals surface area contributed by atoms with Crippen molar-refractivity contribution in [3.63, 3.8) is 0 Å². The molecule has 0 bridgehead atoms. The first-order valence-corrected chi connectivity index (χ1v) is 11.6. The number of nitrogens with two attached hydrogens (primary N) is 1. The van der Waals surface area contributed by atoms with Crippen molar-refractivity contribution in [2.45, 2.75) is 63.5 Å². The van der Waals surface area contributed by atoms with Gasteiger partial charge in [-0.05, 0) is 67.2 Å². The molecule has 0 radical (unpaired) electrons. The van der Waals surface area contributed by atoms with Gasteiger partial charge in [0.05, 0.1) is 11.1 Å². The van der Waals surface area contributed by atoms with Crippen LogP contribution in [0.2, 0.25) is 5.02 Å². The van der Waals surface area contributed by atoms with Gasteiger partial charge in [-0.25, -0.2) is 0 Å². The van der Waals surface area contributed by atoms with Gasteiger partial charge >= 0.3 is 0 Å². The van der Waals surface area contributed by atoms with E-state index < -0.39 is 0 Å². The third-order valence-electron chi connectivity index (χ3n) is 6.73. The summed E-state index contributed by atoms with van der Waals surface area (Å²) in [7, 11) is 0. The van der Waals surface area contributed by atoms with Gasteiger partial charge in [0.2, 0.25) is 0 Å². The fraction of sp³-hybridized carbons (Fsp3) is 0.423. The van der Waals surface area contributed by atoms with Crippen molar-refractivity contribution in [1.29, 1.82) is 0 Å². The number of aromatic nitrogens is 1. The molecular formula is C26H31ClN2O2. The van der Waals surface area contributed by atoms with Gasteiger partial charge in [-0.2, -0.15) is 0 Å². The molecule has 164 valence electrons. The van der Waals surface area contributed by atoms with Crippen molar-refractivity contribution in [2.75, 3.05) is 0 Å². The van der Waals surface area contributed by atoms with Crippen LogP contribution in [0, 0.1) is 5.92 Å². The predicted molar refractivity (Wildman–Crippen MR) is 128 cm³/mol. The zero-order valence-corrected chi connectivity index (χ0v) is 19.0. The molecule has 1 unspecified atom stereocenters. The second kappa shape index (κ2) is 9.05. The Morgan fingerprint density at radius 2 is 1.87 bits per heavy atom. The molecular weight excluding hydrogens is 408 g/mol. The fourth-order valence-corrected chi connectivity index (χ4v) is 5.27. The molecule has 3 aromatic rings. The van der Waals surface area contributed by atoms with E-state index in [1.165, 1.54) is 5.56 Å². The Morgan fingerprint density at radius 1 is 1.16 bits per heavy atom. The number of hydrogen-bond donors (Lipinski definition) is 2. The Labute approximate surface area is 188 Å². The maximum atomic E-state index is 12.0. The van der Waals surface area contributed by atoms with Crippen LogP contribution in [0.5, 0.6) is 5.75 Å². The number of halogens is 1. The van der Waals surface area contributed by atoms with Gasteiger partial charge in [0.25, 0.3) is 5.56 Å². The summed E-state index contributed by atoms with van der Waals surface area (Å²) in [6, 6.07) is 16.3. The Bertz CT molecular complexity index is 1090. The van der Waals surface area contributed by atoms with Crippen LogP contribution in [-0.2, 0) is 5.41 Å². The van der Waals surface area contributed by atoms with E-state index >= 15 is 0 Å². The summed E-state index contributed by atoms with van der Waals surface area (Å²) >= 11 is 6.46. The average molecular weight is 439 g/mol. The molecule has 1 fully saturated rings. The minimum absolute atomic E-state index is 0.0220. The van der Waals surface area contributed by atoms with Gasteiger partial charge in [-0.15, -0.1) is 0 Å². The summed E-state index contributed by atoms with van der Waals surface area (Å²) in [6.07, 6.45) is 6.55. The van der Waals surface area contributed by atoms with Crippen LogP contribution < -0.4 is 16.0 Å². The predicted octanol–water partition coefficient (Wildman–Crippen LogP) is 5.81. The quantitative estimate of drug-likeness (QED) is 0.509. The number of H-pyrrole nitrogens is 1. The monoisotopic (exact) mass is 438 g/mol. The number of fused-ring (bicyclic) bond motifs is 1. The second-order valence-electron chi connectivity index (χ2n) is 9.25. The van der Waals surface area contributed by atoms with Gasteiger partial charge in [0.15, 0.2) is 0 Å². The van der Waals surface area contributed by atoms with E-state index in [0.717, 1.165) is 37.5 Å². The van der Waals surface area contributed by atoms with E-state index in [0.29, 0.717) is 22.1 Å². The highest BCUT2D eigenvalue weighted by Gasteiger charge is 2.42. The van der Waals surface area contributed by atoms with E-state index in [4.69, 9.17) is 22.1 Å². The normalized spacial score (nSPS) is 22.5. The Morgan fingerprint density at radius 3 is 2.55 bits per heavy atom. The Balaban J connectivity index is 1.54. The molecule has 0 saturated heterocycles. The Hall–Kier alpha value is -2.30. The topological polar surface area (TPSA) is 68.1 Å². The highest BCUT2D eigenvalue weighted by Crippen LogP contribution is 2.44. The lowest BCUT2D eigenvalue weighted by molar-refractivity contribution is 0.100. The standard InChI is InChI=1S/C26H31ClN2O2/c1-17(2)14-24(28)26(19-6-4-3-5-7-19)11-8-20(9-12-26)31-23-15-18-10-13-29-25(30)21(18)16-22(23)27/h3-7,10,13,15-17,20,24H,8-9,11-12,14,28H2,1-2H3,(H,29,30). The third-order valence-corrected chi connectivity index (χ3v) is 7.02. The van der Waals surface area contributed by atoms with Crippen molar-refractivity contribution in [1.82, 2.24) is 4.98 Å². The van der Waals surface area contributed by atoms with Crippen LogP contribution in [0.15, 0.2) is 59.5 Å². The van der Waals surface area contributed by atoms with E-state index in [-0.39, 0.29) is 23.1 Å². The van der Waals surface area contributed by atoms with Crippen molar-refractivity contribution >= 4 is 22.4 Å². The van der Waals surface area contributed by atoms with E-state index in [2.05, 4.69) is 49.2 Å².